The highest BCUT2D eigenvalue weighted by atomic mass is 32.2. The van der Waals surface area contributed by atoms with Gasteiger partial charge in [-0.3, -0.25) is 4.90 Å². The Hall–Kier alpha value is -0.170. The van der Waals surface area contributed by atoms with Crippen LogP contribution in [0.15, 0.2) is 0 Å². The molecule has 1 N–H and O–H groups in total. The predicted octanol–water partition coefficient (Wildman–Crippen LogP) is -0.296. The Kier molecular flexibility index (Phi) is 3.51. The number of piperazine rings is 1. The lowest BCUT2D eigenvalue weighted by Crippen LogP contribution is -2.60. The summed E-state index contributed by atoms with van der Waals surface area (Å²) in [6.45, 7) is 7.66. The third-order valence-corrected chi connectivity index (χ3v) is 6.35. The molecule has 0 radical (unpaired) electrons. The van der Waals surface area contributed by atoms with Gasteiger partial charge in [0.05, 0.1) is 5.25 Å². The van der Waals surface area contributed by atoms with Crippen molar-refractivity contribution in [2.24, 2.45) is 0 Å². The van der Waals surface area contributed by atoms with E-state index in [0.717, 1.165) is 19.5 Å². The first-order chi connectivity index (χ1) is 7.84. The number of nitrogens with zero attached hydrogens (tertiary/aromatic N) is 2. The maximum Gasteiger partial charge on any atom is 0.218 e. The van der Waals surface area contributed by atoms with Crippen molar-refractivity contribution in [1.29, 1.82) is 0 Å². The summed E-state index contributed by atoms with van der Waals surface area (Å²) in [5.41, 5.74) is -0.0721. The molecule has 0 aromatic heterocycles. The van der Waals surface area contributed by atoms with E-state index in [1.165, 1.54) is 0 Å². The van der Waals surface area contributed by atoms with Gasteiger partial charge in [0.25, 0.3) is 0 Å². The molecular weight excluding hydrogens is 238 g/mol. The fourth-order valence-corrected chi connectivity index (χ4v) is 4.50. The molecular formula is C11H23N3O2S. The van der Waals surface area contributed by atoms with Crippen LogP contribution in [-0.2, 0) is 10.0 Å². The molecule has 1 atom stereocenters. The van der Waals surface area contributed by atoms with E-state index in [4.69, 9.17) is 0 Å². The topological polar surface area (TPSA) is 52.7 Å². The van der Waals surface area contributed by atoms with Crippen molar-refractivity contribution in [1.82, 2.24) is 14.5 Å². The SMILES string of the molecule is CN1CCN(S(=O)(=O)C2CCNC2)CC1(C)C. The molecule has 0 bridgehead atoms. The van der Waals surface area contributed by atoms with Crippen LogP contribution in [0, 0.1) is 0 Å². The molecule has 6 heteroatoms. The zero-order chi connectivity index (χ0) is 12.7. The summed E-state index contributed by atoms with van der Waals surface area (Å²) < 4.78 is 26.6. The molecule has 1 unspecified atom stereocenters. The van der Waals surface area contributed by atoms with Crippen LogP contribution in [0.2, 0.25) is 0 Å². The lowest BCUT2D eigenvalue weighted by molar-refractivity contribution is 0.0797. The largest absolute Gasteiger partial charge is 0.315 e. The molecule has 100 valence electrons. The summed E-state index contributed by atoms with van der Waals surface area (Å²) in [7, 11) is -1.06. The summed E-state index contributed by atoms with van der Waals surface area (Å²) in [5, 5.41) is 2.91. The van der Waals surface area contributed by atoms with Gasteiger partial charge in [-0.25, -0.2) is 8.42 Å². The Morgan fingerprint density at radius 1 is 1.29 bits per heavy atom. The average molecular weight is 261 g/mol. The molecule has 17 heavy (non-hydrogen) atoms. The van der Waals surface area contributed by atoms with Crippen LogP contribution in [0.4, 0.5) is 0 Å². The Labute approximate surface area is 104 Å². The second kappa shape index (κ2) is 4.50. The first-order valence-electron chi connectivity index (χ1n) is 6.25. The number of nitrogens with one attached hydrogen (secondary N) is 1. The molecule has 5 nitrogen and oxygen atoms in total. The minimum absolute atomic E-state index is 0.0721. The second-order valence-electron chi connectivity index (χ2n) is 5.73. The Morgan fingerprint density at radius 2 is 2.00 bits per heavy atom. The van der Waals surface area contributed by atoms with E-state index >= 15 is 0 Å². The minimum Gasteiger partial charge on any atom is -0.315 e. The highest BCUT2D eigenvalue weighted by molar-refractivity contribution is 7.89. The third kappa shape index (κ3) is 2.50. The molecule has 0 aliphatic carbocycles. The van der Waals surface area contributed by atoms with E-state index in [2.05, 4.69) is 31.1 Å². The molecule has 2 saturated heterocycles. The van der Waals surface area contributed by atoms with E-state index in [0.29, 0.717) is 19.6 Å². The smallest absolute Gasteiger partial charge is 0.218 e. The van der Waals surface area contributed by atoms with Gasteiger partial charge < -0.3 is 5.32 Å². The van der Waals surface area contributed by atoms with Crippen LogP contribution >= 0.6 is 0 Å². The van der Waals surface area contributed by atoms with Crippen LogP contribution < -0.4 is 5.32 Å². The highest BCUT2D eigenvalue weighted by Gasteiger charge is 2.40. The summed E-state index contributed by atoms with van der Waals surface area (Å²) in [4.78, 5) is 2.23. The first-order valence-corrected chi connectivity index (χ1v) is 7.75. The number of rotatable bonds is 2. The number of likely N-dealkylation sites (N-methyl/N-ethyl adjacent to an activating group) is 1. The minimum atomic E-state index is -3.11. The molecule has 0 spiro atoms. The van der Waals surface area contributed by atoms with Crippen molar-refractivity contribution in [3.05, 3.63) is 0 Å². The van der Waals surface area contributed by atoms with Gasteiger partial charge in [-0.05, 0) is 33.9 Å². The lowest BCUT2D eigenvalue weighted by atomic mass is 10.0. The van der Waals surface area contributed by atoms with E-state index < -0.39 is 10.0 Å². The Bertz CT molecular complexity index is 374. The fourth-order valence-electron chi connectivity index (χ4n) is 2.51. The quantitative estimate of drug-likeness (QED) is 0.742. The molecule has 2 rings (SSSR count). The van der Waals surface area contributed by atoms with Crippen LogP contribution in [-0.4, -0.2) is 68.2 Å². The maximum atomic E-state index is 12.4. The molecule has 2 aliphatic rings. The highest BCUT2D eigenvalue weighted by Crippen LogP contribution is 2.24. The zero-order valence-corrected chi connectivity index (χ0v) is 11.8. The monoisotopic (exact) mass is 261 g/mol. The van der Waals surface area contributed by atoms with Crippen LogP contribution in [0.5, 0.6) is 0 Å². The lowest BCUT2D eigenvalue weighted by Gasteiger charge is -2.45. The van der Waals surface area contributed by atoms with Crippen molar-refractivity contribution >= 4 is 10.0 Å². The van der Waals surface area contributed by atoms with Gasteiger partial charge in [0, 0.05) is 31.7 Å². The molecule has 0 saturated carbocycles. The Morgan fingerprint density at radius 3 is 2.53 bits per heavy atom. The van der Waals surface area contributed by atoms with Gasteiger partial charge in [0.2, 0.25) is 10.0 Å². The fraction of sp³-hybridized carbons (Fsp3) is 1.00. The van der Waals surface area contributed by atoms with Crippen LogP contribution in [0.3, 0.4) is 0 Å². The van der Waals surface area contributed by atoms with Crippen LogP contribution in [0.25, 0.3) is 0 Å². The van der Waals surface area contributed by atoms with E-state index in [1.54, 1.807) is 4.31 Å². The molecule has 0 amide bonds. The molecule has 0 aromatic rings. The molecule has 2 aliphatic heterocycles. The molecule has 2 fully saturated rings. The summed E-state index contributed by atoms with van der Waals surface area (Å²) in [6.07, 6.45) is 0.745. The van der Waals surface area contributed by atoms with Crippen molar-refractivity contribution < 1.29 is 8.42 Å². The summed E-state index contributed by atoms with van der Waals surface area (Å²) in [6, 6.07) is 0. The zero-order valence-electron chi connectivity index (χ0n) is 10.9. The number of sulfonamides is 1. The van der Waals surface area contributed by atoms with Gasteiger partial charge in [-0.15, -0.1) is 0 Å². The van der Waals surface area contributed by atoms with E-state index in [-0.39, 0.29) is 10.8 Å². The summed E-state index contributed by atoms with van der Waals surface area (Å²) >= 11 is 0. The van der Waals surface area contributed by atoms with Crippen LogP contribution in [0.1, 0.15) is 20.3 Å². The van der Waals surface area contributed by atoms with E-state index in [9.17, 15) is 8.42 Å². The van der Waals surface area contributed by atoms with Crippen molar-refractivity contribution in [2.75, 3.05) is 39.8 Å². The molecule has 2 heterocycles. The normalized spacial score (nSPS) is 31.8. The number of hydrogen-bond acceptors (Lipinski definition) is 4. The van der Waals surface area contributed by atoms with Gasteiger partial charge in [0.15, 0.2) is 0 Å². The van der Waals surface area contributed by atoms with Crippen molar-refractivity contribution in [3.8, 4) is 0 Å². The van der Waals surface area contributed by atoms with Crippen molar-refractivity contribution in [2.45, 2.75) is 31.1 Å². The maximum absolute atomic E-state index is 12.4. The van der Waals surface area contributed by atoms with Gasteiger partial charge in [0.1, 0.15) is 0 Å². The third-order valence-electron chi connectivity index (χ3n) is 4.08. The second-order valence-corrected chi connectivity index (χ2v) is 7.94. The van der Waals surface area contributed by atoms with E-state index in [1.807, 2.05) is 0 Å². The Balaban J connectivity index is 2.12. The van der Waals surface area contributed by atoms with Gasteiger partial charge in [-0.2, -0.15) is 4.31 Å². The average Bonchev–Trinajstić information content (AvgIpc) is 2.75. The standard InChI is InChI=1S/C11H23N3O2S/c1-11(2)9-14(7-6-13(11)3)17(15,16)10-4-5-12-8-10/h10,12H,4-9H2,1-3H3. The van der Waals surface area contributed by atoms with Gasteiger partial charge in [-0.1, -0.05) is 0 Å². The molecule has 0 aromatic carbocycles. The van der Waals surface area contributed by atoms with Gasteiger partial charge >= 0.3 is 0 Å². The summed E-state index contributed by atoms with van der Waals surface area (Å²) in [5.74, 6) is 0. The number of hydrogen-bond donors (Lipinski definition) is 1. The first kappa shape index (κ1) is 13.3. The van der Waals surface area contributed by atoms with Crippen molar-refractivity contribution in [3.63, 3.8) is 0 Å². The predicted molar refractivity (Wildman–Crippen MR) is 68.5 cm³/mol.